The minimum absolute atomic E-state index is 1.04. The molecule has 0 aliphatic rings. The molecule has 0 aromatic heterocycles. The molecule has 6 amide bonds. The van der Waals surface area contributed by atoms with E-state index in [9.17, 15) is 14.4 Å². The second-order valence-corrected chi connectivity index (χ2v) is 1.31. The van der Waals surface area contributed by atoms with Gasteiger partial charge in [-0.25, -0.2) is 14.4 Å². The standard InChI is InChI=1S/C3H6N4O3/c4-1(8)6-3(10)7-2(5)9/h(H6,4,5,6,7,8,9,10)/i1+1,2+1,3+1. The number of hydrogen-bond donors (Lipinski definition) is 4. The van der Waals surface area contributed by atoms with E-state index >= 15 is 0 Å². The summed E-state index contributed by atoms with van der Waals surface area (Å²) in [4.78, 5) is 30.0. The van der Waals surface area contributed by atoms with Crippen LogP contribution in [0.3, 0.4) is 0 Å². The smallest absolute Gasteiger partial charge is 0.330 e. The molecule has 7 heteroatoms. The van der Waals surface area contributed by atoms with Gasteiger partial charge in [0.05, 0.1) is 0 Å². The zero-order chi connectivity index (χ0) is 8.15. The number of primary amides is 2. The van der Waals surface area contributed by atoms with Gasteiger partial charge in [0.1, 0.15) is 0 Å². The molecule has 0 aliphatic heterocycles. The average molecular weight is 149 g/mol. The van der Waals surface area contributed by atoms with Crippen LogP contribution in [0, 0.1) is 0 Å². The van der Waals surface area contributed by atoms with E-state index in [1.807, 2.05) is 0 Å². The Kier molecular flexibility index (Phi) is 2.69. The van der Waals surface area contributed by atoms with Crippen molar-refractivity contribution in [2.24, 2.45) is 11.5 Å². The number of rotatable bonds is 0. The lowest BCUT2D eigenvalue weighted by Gasteiger charge is -1.97. The monoisotopic (exact) mass is 149 g/mol. The van der Waals surface area contributed by atoms with Crippen LogP contribution in [0.4, 0.5) is 14.4 Å². The highest BCUT2D eigenvalue weighted by Gasteiger charge is 2.03. The third kappa shape index (κ3) is 4.37. The van der Waals surface area contributed by atoms with Crippen LogP contribution in [0.15, 0.2) is 0 Å². The Bertz CT molecular complexity index is 159. The number of amides is 6. The fraction of sp³-hybridized carbons (Fsp3) is 0. The fourth-order valence-corrected chi connectivity index (χ4v) is 0.255. The van der Waals surface area contributed by atoms with Gasteiger partial charge in [0.2, 0.25) is 0 Å². The van der Waals surface area contributed by atoms with Gasteiger partial charge in [-0.15, -0.1) is 0 Å². The third-order valence-corrected chi connectivity index (χ3v) is 0.473. The van der Waals surface area contributed by atoms with Gasteiger partial charge in [0.15, 0.2) is 0 Å². The van der Waals surface area contributed by atoms with E-state index in [-0.39, 0.29) is 0 Å². The van der Waals surface area contributed by atoms with Crippen LogP contribution in [0.5, 0.6) is 0 Å². The predicted octanol–water partition coefficient (Wildman–Crippen LogP) is -1.56. The molecule has 0 spiro atoms. The number of carbonyl (C=O) groups is 3. The second kappa shape index (κ2) is 3.28. The molecule has 0 aliphatic carbocycles. The van der Waals surface area contributed by atoms with Crippen LogP contribution < -0.4 is 22.1 Å². The van der Waals surface area contributed by atoms with E-state index in [0.717, 1.165) is 0 Å². The van der Waals surface area contributed by atoms with E-state index in [1.54, 1.807) is 10.6 Å². The summed E-state index contributed by atoms with van der Waals surface area (Å²) in [5.41, 5.74) is 9.01. The largest absolute Gasteiger partial charge is 0.351 e. The Labute approximate surface area is 55.7 Å². The first-order valence-electron chi connectivity index (χ1n) is 2.19. The molecule has 7 nitrogen and oxygen atoms in total. The van der Waals surface area contributed by atoms with E-state index in [2.05, 4.69) is 11.5 Å². The van der Waals surface area contributed by atoms with Crippen LogP contribution in [-0.4, -0.2) is 18.1 Å². The molecule has 0 saturated carbocycles. The Morgan fingerprint density at radius 3 is 1.40 bits per heavy atom. The molecule has 0 bridgehead atoms. The summed E-state index contributed by atoms with van der Waals surface area (Å²) in [6, 6.07) is -3.16. The average Bonchev–Trinajstić information content (AvgIpc) is 1.58. The number of imide groups is 2. The van der Waals surface area contributed by atoms with Crippen molar-refractivity contribution >= 4 is 18.1 Å². The Morgan fingerprint density at radius 2 is 1.20 bits per heavy atom. The summed E-state index contributed by atoms with van der Waals surface area (Å²) in [5, 5.41) is 3.12. The number of carbonyl (C=O) groups excluding carboxylic acids is 3. The third-order valence-electron chi connectivity index (χ3n) is 0.473. The molecule has 0 aromatic rings. The summed E-state index contributed by atoms with van der Waals surface area (Å²) in [6.45, 7) is 0. The molecule has 0 unspecified atom stereocenters. The van der Waals surface area contributed by atoms with Crippen molar-refractivity contribution in [1.82, 2.24) is 10.6 Å². The quantitative estimate of drug-likeness (QED) is 0.311. The first-order valence-corrected chi connectivity index (χ1v) is 2.19. The van der Waals surface area contributed by atoms with Gasteiger partial charge in [-0.2, -0.15) is 0 Å². The summed E-state index contributed by atoms with van der Waals surface area (Å²) in [6.07, 6.45) is 0. The lowest BCUT2D eigenvalue weighted by Crippen LogP contribution is -2.46. The minimum atomic E-state index is -1.06. The van der Waals surface area contributed by atoms with Gasteiger partial charge in [-0.3, -0.25) is 10.6 Å². The van der Waals surface area contributed by atoms with Crippen molar-refractivity contribution in [3.8, 4) is 0 Å². The maximum atomic E-state index is 10.2. The lowest BCUT2D eigenvalue weighted by molar-refractivity contribution is 0.227. The number of nitrogens with two attached hydrogens (primary N) is 2. The highest BCUT2D eigenvalue weighted by molar-refractivity contribution is 6.00. The van der Waals surface area contributed by atoms with E-state index in [4.69, 9.17) is 0 Å². The zero-order valence-corrected chi connectivity index (χ0v) is 4.88. The van der Waals surface area contributed by atoms with Crippen LogP contribution >= 0.6 is 0 Å². The van der Waals surface area contributed by atoms with Crippen LogP contribution in [-0.2, 0) is 0 Å². The minimum Gasteiger partial charge on any atom is -0.351 e. The van der Waals surface area contributed by atoms with Crippen molar-refractivity contribution in [3.63, 3.8) is 0 Å². The predicted molar refractivity (Wildman–Crippen MR) is 30.8 cm³/mol. The van der Waals surface area contributed by atoms with E-state index < -0.39 is 18.1 Å². The molecule has 0 atom stereocenters. The van der Waals surface area contributed by atoms with Crippen molar-refractivity contribution in [2.45, 2.75) is 0 Å². The molecular formula is C3H6N4O3. The molecule has 56 valence electrons. The normalized spacial score (nSPS) is 8.00. The maximum Gasteiger partial charge on any atom is 0.330 e. The summed E-state index contributed by atoms with van der Waals surface area (Å²) in [7, 11) is 0. The van der Waals surface area contributed by atoms with Crippen molar-refractivity contribution in [3.05, 3.63) is 0 Å². The molecule has 0 saturated heterocycles. The van der Waals surface area contributed by atoms with Crippen LogP contribution in [0.1, 0.15) is 0 Å². The van der Waals surface area contributed by atoms with Gasteiger partial charge in [0, 0.05) is 0 Å². The number of nitrogens with one attached hydrogen (secondary N) is 2. The van der Waals surface area contributed by atoms with E-state index in [1.165, 1.54) is 0 Å². The molecule has 10 heavy (non-hydrogen) atoms. The van der Waals surface area contributed by atoms with Crippen molar-refractivity contribution < 1.29 is 14.4 Å². The van der Waals surface area contributed by atoms with Gasteiger partial charge in [-0.1, -0.05) is 0 Å². The molecule has 0 fully saturated rings. The SMILES string of the molecule is N[13C](=O)N[13C](=O)N[13C](N)=O. The molecule has 0 radical (unpaired) electrons. The van der Waals surface area contributed by atoms with Gasteiger partial charge < -0.3 is 11.5 Å². The number of hydrogen-bond acceptors (Lipinski definition) is 3. The van der Waals surface area contributed by atoms with E-state index in [0.29, 0.717) is 0 Å². The van der Waals surface area contributed by atoms with Crippen LogP contribution in [0.2, 0.25) is 0 Å². The summed E-state index contributed by atoms with van der Waals surface area (Å²) < 4.78 is 0. The molecule has 0 rings (SSSR count). The Balaban J connectivity index is 3.65. The fourth-order valence-electron chi connectivity index (χ4n) is 0.255. The molecule has 0 heterocycles. The van der Waals surface area contributed by atoms with Gasteiger partial charge in [-0.05, 0) is 0 Å². The maximum absolute atomic E-state index is 10.2. The lowest BCUT2D eigenvalue weighted by atomic mass is 11.5. The second-order valence-electron chi connectivity index (χ2n) is 1.31. The summed E-state index contributed by atoms with van der Waals surface area (Å²) >= 11 is 0. The van der Waals surface area contributed by atoms with Crippen LogP contribution in [0.25, 0.3) is 0 Å². The Hall–Kier alpha value is -1.79. The highest BCUT2D eigenvalue weighted by atomic mass is 16.3. The first kappa shape index (κ1) is 8.21. The first-order chi connectivity index (χ1) is 4.52. The highest BCUT2D eigenvalue weighted by Crippen LogP contribution is 1.62. The Morgan fingerprint density at radius 1 is 0.900 bits per heavy atom. The molecule has 0 aromatic carbocycles. The van der Waals surface area contributed by atoms with Crippen molar-refractivity contribution in [2.75, 3.05) is 0 Å². The van der Waals surface area contributed by atoms with Gasteiger partial charge in [0.25, 0.3) is 0 Å². The number of urea groups is 3. The topological polar surface area (TPSA) is 127 Å². The molecular weight excluding hydrogens is 143 g/mol. The van der Waals surface area contributed by atoms with Crippen molar-refractivity contribution in [1.29, 1.82) is 0 Å². The van der Waals surface area contributed by atoms with Gasteiger partial charge >= 0.3 is 18.1 Å². The summed E-state index contributed by atoms with van der Waals surface area (Å²) in [5.74, 6) is 0. The zero-order valence-electron chi connectivity index (χ0n) is 4.88. The molecule has 6 N–H and O–H groups in total.